The fraction of sp³-hybridized carbons (Fsp3) is 0.100. The van der Waals surface area contributed by atoms with Crippen LogP contribution in [0, 0.1) is 0 Å². The molecule has 0 atom stereocenters. The molecule has 0 aliphatic heterocycles. The number of hydrogen-bond acceptors (Lipinski definition) is 5. The molecule has 0 fully saturated rings. The summed E-state index contributed by atoms with van der Waals surface area (Å²) in [6.07, 6.45) is 4.19. The van der Waals surface area contributed by atoms with E-state index in [1.54, 1.807) is 10.9 Å². The second-order valence-electron chi connectivity index (χ2n) is 6.01. The van der Waals surface area contributed by atoms with Gasteiger partial charge in [0.05, 0.1) is 17.3 Å². The van der Waals surface area contributed by atoms with Crippen LogP contribution >= 0.6 is 0 Å². The van der Waals surface area contributed by atoms with Gasteiger partial charge in [0.25, 0.3) is 0 Å². The molecule has 2 aromatic heterocycles. The van der Waals surface area contributed by atoms with Gasteiger partial charge in [0.1, 0.15) is 6.33 Å². The summed E-state index contributed by atoms with van der Waals surface area (Å²) in [5, 5.41) is 5.12. The molecule has 2 aromatic carbocycles. The lowest BCUT2D eigenvalue weighted by molar-refractivity contribution is -0.120. The topological polar surface area (TPSA) is 84.7 Å². The first-order chi connectivity index (χ1) is 13.3. The predicted octanol–water partition coefficient (Wildman–Crippen LogP) is 2.89. The molecule has 0 saturated carbocycles. The zero-order chi connectivity index (χ0) is 18.5. The summed E-state index contributed by atoms with van der Waals surface area (Å²) in [7, 11) is 0. The van der Waals surface area contributed by atoms with Gasteiger partial charge < -0.3 is 0 Å². The zero-order valence-electron chi connectivity index (χ0n) is 14.5. The van der Waals surface area contributed by atoms with E-state index in [-0.39, 0.29) is 5.91 Å². The van der Waals surface area contributed by atoms with Crippen LogP contribution in [-0.4, -0.2) is 25.7 Å². The third-order valence-corrected chi connectivity index (χ3v) is 4.17. The molecule has 7 heteroatoms. The average Bonchev–Trinajstić information content (AvgIpc) is 3.17. The number of aromatic nitrogens is 4. The molecule has 0 unspecified atom stereocenters. The van der Waals surface area contributed by atoms with Crippen molar-refractivity contribution in [1.82, 2.24) is 25.2 Å². The average molecular weight is 358 g/mol. The second kappa shape index (κ2) is 7.65. The van der Waals surface area contributed by atoms with E-state index < -0.39 is 0 Å². The molecule has 2 heterocycles. The first kappa shape index (κ1) is 16.7. The van der Waals surface area contributed by atoms with Gasteiger partial charge in [-0.2, -0.15) is 5.10 Å². The maximum atomic E-state index is 12.1. The first-order valence-corrected chi connectivity index (χ1v) is 8.64. The number of amides is 1. The van der Waals surface area contributed by atoms with E-state index in [2.05, 4.69) is 25.9 Å². The van der Waals surface area contributed by atoms with E-state index in [1.807, 2.05) is 60.7 Å². The number of nitrogens with zero attached hydrogens (tertiary/aromatic N) is 4. The van der Waals surface area contributed by atoms with Crippen LogP contribution in [-0.2, 0) is 11.2 Å². The van der Waals surface area contributed by atoms with Crippen molar-refractivity contribution in [2.75, 3.05) is 5.43 Å². The molecular formula is C20H18N6O. The first-order valence-electron chi connectivity index (χ1n) is 8.64. The molecule has 134 valence electrons. The summed E-state index contributed by atoms with van der Waals surface area (Å²) in [5.41, 5.74) is 8.28. The quantitative estimate of drug-likeness (QED) is 0.518. The number of aryl methyl sites for hydroxylation is 1. The number of para-hydroxylation sites is 1. The van der Waals surface area contributed by atoms with Crippen LogP contribution in [0.4, 0.5) is 5.82 Å². The molecule has 0 bridgehead atoms. The highest BCUT2D eigenvalue weighted by Crippen LogP contribution is 2.20. The van der Waals surface area contributed by atoms with Crippen molar-refractivity contribution in [2.45, 2.75) is 12.8 Å². The van der Waals surface area contributed by atoms with Gasteiger partial charge in [-0.15, -0.1) is 0 Å². The van der Waals surface area contributed by atoms with E-state index >= 15 is 0 Å². The van der Waals surface area contributed by atoms with Crippen LogP contribution in [0.3, 0.4) is 0 Å². The number of fused-ring (bicyclic) bond motifs is 1. The lowest BCUT2D eigenvalue weighted by Crippen LogP contribution is -2.30. The minimum Gasteiger partial charge on any atom is -0.281 e. The Kier molecular flexibility index (Phi) is 4.74. The van der Waals surface area contributed by atoms with E-state index in [9.17, 15) is 4.79 Å². The van der Waals surface area contributed by atoms with Crippen molar-refractivity contribution in [1.29, 1.82) is 0 Å². The number of hydrogen-bond donors (Lipinski definition) is 2. The summed E-state index contributed by atoms with van der Waals surface area (Å²) < 4.78 is 1.74. The van der Waals surface area contributed by atoms with Gasteiger partial charge in [-0.3, -0.25) is 15.6 Å². The Morgan fingerprint density at radius 3 is 2.48 bits per heavy atom. The number of rotatable bonds is 6. The van der Waals surface area contributed by atoms with Gasteiger partial charge in [0.2, 0.25) is 5.91 Å². The Labute approximate surface area is 156 Å². The van der Waals surface area contributed by atoms with Crippen molar-refractivity contribution < 1.29 is 4.79 Å². The van der Waals surface area contributed by atoms with Gasteiger partial charge in [-0.25, -0.2) is 14.6 Å². The summed E-state index contributed by atoms with van der Waals surface area (Å²) in [5.74, 6) is 0.399. The van der Waals surface area contributed by atoms with E-state index in [1.165, 1.54) is 6.33 Å². The van der Waals surface area contributed by atoms with Crippen molar-refractivity contribution in [2.24, 2.45) is 0 Å². The number of carbonyl (C=O) groups excluding carboxylic acids is 1. The normalized spacial score (nSPS) is 10.7. The highest BCUT2D eigenvalue weighted by Gasteiger charge is 2.11. The SMILES string of the molecule is O=C(CCc1ccccc1)NNc1ncnc2c1cnn2-c1ccccc1. The maximum Gasteiger partial charge on any atom is 0.238 e. The molecule has 1 amide bonds. The fourth-order valence-corrected chi connectivity index (χ4v) is 2.80. The predicted molar refractivity (Wildman–Crippen MR) is 103 cm³/mol. The molecule has 4 rings (SSSR count). The smallest absolute Gasteiger partial charge is 0.238 e. The summed E-state index contributed by atoms with van der Waals surface area (Å²) >= 11 is 0. The van der Waals surface area contributed by atoms with Crippen molar-refractivity contribution in [3.05, 3.63) is 78.8 Å². The highest BCUT2D eigenvalue weighted by molar-refractivity contribution is 5.88. The molecule has 2 N–H and O–H groups in total. The fourth-order valence-electron chi connectivity index (χ4n) is 2.80. The highest BCUT2D eigenvalue weighted by atomic mass is 16.2. The van der Waals surface area contributed by atoms with E-state index in [4.69, 9.17) is 0 Å². The third-order valence-electron chi connectivity index (χ3n) is 4.17. The zero-order valence-corrected chi connectivity index (χ0v) is 14.5. The second-order valence-corrected chi connectivity index (χ2v) is 6.01. The molecule has 0 radical (unpaired) electrons. The number of nitrogens with one attached hydrogen (secondary N) is 2. The minimum absolute atomic E-state index is 0.110. The van der Waals surface area contributed by atoms with Gasteiger partial charge in [0, 0.05) is 6.42 Å². The molecule has 27 heavy (non-hydrogen) atoms. The van der Waals surface area contributed by atoms with Crippen molar-refractivity contribution in [3.8, 4) is 5.69 Å². The van der Waals surface area contributed by atoms with E-state index in [0.717, 1.165) is 16.6 Å². The monoisotopic (exact) mass is 358 g/mol. The Balaban J connectivity index is 1.45. The number of carbonyl (C=O) groups is 1. The molecule has 7 nitrogen and oxygen atoms in total. The Morgan fingerprint density at radius 2 is 1.70 bits per heavy atom. The molecule has 0 spiro atoms. The van der Waals surface area contributed by atoms with Gasteiger partial charge in [0.15, 0.2) is 11.5 Å². The minimum atomic E-state index is -0.110. The van der Waals surface area contributed by atoms with Crippen molar-refractivity contribution >= 4 is 22.8 Å². The number of hydrazine groups is 1. The Hall–Kier alpha value is -3.74. The Morgan fingerprint density at radius 1 is 0.963 bits per heavy atom. The molecule has 0 saturated heterocycles. The molecular weight excluding hydrogens is 340 g/mol. The van der Waals surface area contributed by atoms with Gasteiger partial charge in [-0.05, 0) is 24.1 Å². The lowest BCUT2D eigenvalue weighted by Gasteiger charge is -2.08. The summed E-state index contributed by atoms with van der Waals surface area (Å²) in [4.78, 5) is 20.6. The summed E-state index contributed by atoms with van der Waals surface area (Å²) in [6.45, 7) is 0. The van der Waals surface area contributed by atoms with Crippen LogP contribution in [0.5, 0.6) is 0 Å². The lowest BCUT2D eigenvalue weighted by atomic mass is 10.1. The van der Waals surface area contributed by atoms with E-state index in [0.29, 0.717) is 24.3 Å². The number of anilines is 1. The van der Waals surface area contributed by atoms with Crippen LogP contribution < -0.4 is 10.9 Å². The van der Waals surface area contributed by atoms with Crippen molar-refractivity contribution in [3.63, 3.8) is 0 Å². The van der Waals surface area contributed by atoms with Crippen LogP contribution in [0.2, 0.25) is 0 Å². The molecule has 4 aromatic rings. The maximum absolute atomic E-state index is 12.1. The van der Waals surface area contributed by atoms with Crippen LogP contribution in [0.1, 0.15) is 12.0 Å². The van der Waals surface area contributed by atoms with Crippen LogP contribution in [0.15, 0.2) is 73.2 Å². The largest absolute Gasteiger partial charge is 0.281 e. The Bertz CT molecular complexity index is 1050. The third kappa shape index (κ3) is 3.77. The standard InChI is InChI=1S/C20H18N6O/c27-18(12-11-15-7-3-1-4-8-15)24-25-19-17-13-23-26(20(17)22-14-21-19)16-9-5-2-6-10-16/h1-10,13-14H,11-12H2,(H,24,27)(H,21,22,25). The molecule has 0 aliphatic carbocycles. The van der Waals surface area contributed by atoms with Crippen LogP contribution in [0.25, 0.3) is 16.7 Å². The number of benzene rings is 2. The summed E-state index contributed by atoms with van der Waals surface area (Å²) in [6, 6.07) is 19.6. The van der Waals surface area contributed by atoms with Gasteiger partial charge >= 0.3 is 0 Å². The molecule has 0 aliphatic rings. The van der Waals surface area contributed by atoms with Gasteiger partial charge in [-0.1, -0.05) is 48.5 Å².